The van der Waals surface area contributed by atoms with Crippen LogP contribution in [0, 0.1) is 13.8 Å². The van der Waals surface area contributed by atoms with E-state index in [-0.39, 0.29) is 0 Å². The van der Waals surface area contributed by atoms with E-state index in [1.54, 1.807) is 0 Å². The van der Waals surface area contributed by atoms with E-state index in [2.05, 4.69) is 24.0 Å². The zero-order valence-corrected chi connectivity index (χ0v) is 12.8. The fourth-order valence-corrected chi connectivity index (χ4v) is 2.42. The van der Waals surface area contributed by atoms with Crippen LogP contribution in [0.4, 0.5) is 0 Å². The predicted octanol–water partition coefficient (Wildman–Crippen LogP) is 5.38. The summed E-state index contributed by atoms with van der Waals surface area (Å²) in [6.07, 6.45) is 0. The Hall–Kier alpha value is -2.06. The summed E-state index contributed by atoms with van der Waals surface area (Å²) >= 11 is 5.94. The molecule has 1 heterocycles. The van der Waals surface area contributed by atoms with Gasteiger partial charge in [0.05, 0.1) is 17.1 Å². The molecule has 106 valence electrons. The molecule has 2 nitrogen and oxygen atoms in total. The van der Waals surface area contributed by atoms with Gasteiger partial charge in [0, 0.05) is 11.5 Å². The van der Waals surface area contributed by atoms with Gasteiger partial charge in [-0.25, -0.2) is 0 Å². The van der Waals surface area contributed by atoms with Gasteiger partial charge in [-0.1, -0.05) is 24.3 Å². The van der Waals surface area contributed by atoms with Crippen molar-refractivity contribution in [2.24, 2.45) is 0 Å². The summed E-state index contributed by atoms with van der Waals surface area (Å²) in [5.41, 5.74) is 3.99. The van der Waals surface area contributed by atoms with Crippen LogP contribution in [0.1, 0.15) is 16.8 Å². The van der Waals surface area contributed by atoms with Crippen LogP contribution in [0.3, 0.4) is 0 Å². The van der Waals surface area contributed by atoms with Crippen LogP contribution in [0.5, 0.6) is 11.5 Å². The van der Waals surface area contributed by atoms with Crippen molar-refractivity contribution in [2.75, 3.05) is 0 Å². The van der Waals surface area contributed by atoms with E-state index < -0.39 is 0 Å². The molecule has 0 unspecified atom stereocenters. The van der Waals surface area contributed by atoms with E-state index in [9.17, 15) is 0 Å². The number of alkyl halides is 1. The first kappa shape index (κ1) is 13.9. The molecule has 0 aliphatic heterocycles. The first-order valence-electron chi connectivity index (χ1n) is 6.87. The number of nitrogens with zero attached hydrogens (tertiary/aromatic N) is 1. The maximum atomic E-state index is 6.15. The van der Waals surface area contributed by atoms with Gasteiger partial charge < -0.3 is 4.74 Å². The number of hydrogen-bond donors (Lipinski definition) is 0. The van der Waals surface area contributed by atoms with Crippen molar-refractivity contribution in [3.63, 3.8) is 0 Å². The van der Waals surface area contributed by atoms with Gasteiger partial charge >= 0.3 is 0 Å². The van der Waals surface area contributed by atoms with Crippen molar-refractivity contribution in [1.29, 1.82) is 0 Å². The largest absolute Gasteiger partial charge is 0.456 e. The number of para-hydroxylation sites is 1. The normalized spacial score (nSPS) is 10.8. The van der Waals surface area contributed by atoms with Crippen LogP contribution in [0.25, 0.3) is 10.9 Å². The predicted molar refractivity (Wildman–Crippen MR) is 87.3 cm³/mol. The second-order valence-electron chi connectivity index (χ2n) is 5.13. The third-order valence-electron chi connectivity index (χ3n) is 3.43. The molecule has 1 aromatic heterocycles. The third kappa shape index (κ3) is 2.86. The molecule has 3 heteroatoms. The van der Waals surface area contributed by atoms with Crippen molar-refractivity contribution in [3.05, 3.63) is 65.4 Å². The van der Waals surface area contributed by atoms with Crippen LogP contribution in [0.15, 0.2) is 48.5 Å². The van der Waals surface area contributed by atoms with Gasteiger partial charge in [0.2, 0.25) is 0 Å². The Labute approximate surface area is 129 Å². The van der Waals surface area contributed by atoms with Crippen molar-refractivity contribution in [2.45, 2.75) is 19.7 Å². The molecule has 3 aromatic rings. The van der Waals surface area contributed by atoms with Crippen LogP contribution in [0.2, 0.25) is 0 Å². The number of ether oxygens (including phenoxy) is 1. The van der Waals surface area contributed by atoms with Gasteiger partial charge in [-0.05, 0) is 43.2 Å². The molecule has 0 fully saturated rings. The molecule has 0 aliphatic carbocycles. The fourth-order valence-electron chi connectivity index (χ4n) is 2.28. The first-order chi connectivity index (χ1) is 10.2. The minimum atomic E-state index is 0.369. The van der Waals surface area contributed by atoms with Gasteiger partial charge in [0.1, 0.15) is 11.5 Å². The molecule has 0 radical (unpaired) electrons. The van der Waals surface area contributed by atoms with Gasteiger partial charge in [0.15, 0.2) is 0 Å². The van der Waals surface area contributed by atoms with Crippen LogP contribution in [-0.4, -0.2) is 4.98 Å². The monoisotopic (exact) mass is 297 g/mol. The van der Waals surface area contributed by atoms with Crippen LogP contribution < -0.4 is 4.74 Å². The van der Waals surface area contributed by atoms with Crippen molar-refractivity contribution >= 4 is 22.5 Å². The fraction of sp³-hybridized carbons (Fsp3) is 0.167. The third-order valence-corrected chi connectivity index (χ3v) is 3.71. The number of halogens is 1. The molecule has 0 bridgehead atoms. The minimum absolute atomic E-state index is 0.369. The van der Waals surface area contributed by atoms with Gasteiger partial charge in [-0.2, -0.15) is 0 Å². The van der Waals surface area contributed by atoms with Gasteiger partial charge in [0.25, 0.3) is 0 Å². The Bertz CT molecular complexity index is 798. The summed E-state index contributed by atoms with van der Waals surface area (Å²) in [5.74, 6) is 2.03. The summed E-state index contributed by atoms with van der Waals surface area (Å²) in [4.78, 5) is 4.52. The number of aromatic nitrogens is 1. The van der Waals surface area contributed by atoms with Crippen molar-refractivity contribution in [3.8, 4) is 11.5 Å². The van der Waals surface area contributed by atoms with E-state index in [4.69, 9.17) is 16.3 Å². The number of rotatable bonds is 3. The molecular formula is C18H16ClNO. The van der Waals surface area contributed by atoms with E-state index in [1.165, 1.54) is 5.56 Å². The summed E-state index contributed by atoms with van der Waals surface area (Å²) in [5, 5.41) is 0.993. The second-order valence-corrected chi connectivity index (χ2v) is 5.40. The molecule has 0 saturated heterocycles. The number of fused-ring (bicyclic) bond motifs is 1. The second kappa shape index (κ2) is 5.74. The highest BCUT2D eigenvalue weighted by Crippen LogP contribution is 2.32. The standard InChI is InChI=1S/C18H16ClNO/c1-12-7-8-13(2)17(9-12)21-18-10-14(11-19)20-16-6-4-3-5-15(16)18/h3-10H,11H2,1-2H3. The minimum Gasteiger partial charge on any atom is -0.456 e. The summed E-state index contributed by atoms with van der Waals surface area (Å²) in [6, 6.07) is 16.0. The van der Waals surface area contributed by atoms with E-state index in [1.807, 2.05) is 43.3 Å². The lowest BCUT2D eigenvalue weighted by molar-refractivity contribution is 0.483. The molecule has 0 amide bonds. The smallest absolute Gasteiger partial charge is 0.138 e. The SMILES string of the molecule is Cc1ccc(C)c(Oc2cc(CCl)nc3ccccc23)c1. The van der Waals surface area contributed by atoms with Crippen LogP contribution >= 0.6 is 11.6 Å². The Kier molecular flexibility index (Phi) is 3.80. The molecule has 0 aliphatic rings. The first-order valence-corrected chi connectivity index (χ1v) is 7.40. The molecule has 0 N–H and O–H groups in total. The zero-order chi connectivity index (χ0) is 14.8. The molecule has 0 spiro atoms. The summed E-state index contributed by atoms with van der Waals surface area (Å²) < 4.78 is 6.15. The number of benzene rings is 2. The molecule has 21 heavy (non-hydrogen) atoms. The molecular weight excluding hydrogens is 282 g/mol. The Morgan fingerprint density at radius 3 is 2.62 bits per heavy atom. The van der Waals surface area contributed by atoms with Gasteiger partial charge in [-0.3, -0.25) is 4.98 Å². The lowest BCUT2D eigenvalue weighted by Gasteiger charge is -2.12. The highest BCUT2D eigenvalue weighted by molar-refractivity contribution is 6.17. The summed E-state index contributed by atoms with van der Waals surface area (Å²) in [7, 11) is 0. The molecule has 2 aromatic carbocycles. The maximum absolute atomic E-state index is 6.15. The average Bonchev–Trinajstić information content (AvgIpc) is 2.50. The quantitative estimate of drug-likeness (QED) is 0.605. The van der Waals surface area contributed by atoms with E-state index in [0.717, 1.165) is 33.7 Å². The maximum Gasteiger partial charge on any atom is 0.138 e. The topological polar surface area (TPSA) is 22.1 Å². The number of aryl methyl sites for hydroxylation is 2. The summed E-state index contributed by atoms with van der Waals surface area (Å²) in [6.45, 7) is 4.10. The molecule has 0 saturated carbocycles. The molecule has 0 atom stereocenters. The lowest BCUT2D eigenvalue weighted by Crippen LogP contribution is -1.94. The molecule has 3 rings (SSSR count). The Morgan fingerprint density at radius 2 is 1.81 bits per heavy atom. The average molecular weight is 298 g/mol. The highest BCUT2D eigenvalue weighted by Gasteiger charge is 2.09. The zero-order valence-electron chi connectivity index (χ0n) is 12.1. The number of pyridine rings is 1. The lowest BCUT2D eigenvalue weighted by atomic mass is 10.1. The number of hydrogen-bond acceptors (Lipinski definition) is 2. The van der Waals surface area contributed by atoms with Crippen LogP contribution in [-0.2, 0) is 5.88 Å². The van der Waals surface area contributed by atoms with Crippen molar-refractivity contribution in [1.82, 2.24) is 4.98 Å². The highest BCUT2D eigenvalue weighted by atomic mass is 35.5. The Balaban J connectivity index is 2.13. The Morgan fingerprint density at radius 1 is 1.00 bits per heavy atom. The van der Waals surface area contributed by atoms with Gasteiger partial charge in [-0.15, -0.1) is 11.6 Å². The van der Waals surface area contributed by atoms with Crippen molar-refractivity contribution < 1.29 is 4.74 Å². The van der Waals surface area contributed by atoms with E-state index >= 15 is 0 Å². The van der Waals surface area contributed by atoms with E-state index in [0.29, 0.717) is 5.88 Å².